The molecule has 0 radical (unpaired) electrons. The highest BCUT2D eigenvalue weighted by atomic mass is 16.2. The van der Waals surface area contributed by atoms with Gasteiger partial charge in [0.05, 0.1) is 12.0 Å². The summed E-state index contributed by atoms with van der Waals surface area (Å²) in [5, 5.41) is 8.98. The van der Waals surface area contributed by atoms with Crippen LogP contribution in [0.15, 0.2) is 54.2 Å². The number of benzene rings is 1. The molecule has 1 amide bonds. The SMILES string of the molecule is CC(=O)C1CC(C(=O)NC(C)Cn2ccnc2)=NN1c1ccccc1. The van der Waals surface area contributed by atoms with Gasteiger partial charge in [-0.1, -0.05) is 18.2 Å². The third kappa shape index (κ3) is 3.93. The number of amides is 1. The molecule has 1 aliphatic heterocycles. The Balaban J connectivity index is 1.70. The van der Waals surface area contributed by atoms with Gasteiger partial charge in [0.15, 0.2) is 5.78 Å². The second kappa shape index (κ2) is 7.29. The van der Waals surface area contributed by atoms with Gasteiger partial charge in [-0.05, 0) is 26.0 Å². The molecule has 2 unspecified atom stereocenters. The first-order valence-electron chi connectivity index (χ1n) is 8.23. The number of hydrazone groups is 1. The van der Waals surface area contributed by atoms with E-state index >= 15 is 0 Å². The van der Waals surface area contributed by atoms with E-state index in [0.717, 1.165) is 5.69 Å². The van der Waals surface area contributed by atoms with Crippen LogP contribution in [-0.4, -0.2) is 39.0 Å². The Morgan fingerprint density at radius 2 is 2.08 bits per heavy atom. The fourth-order valence-corrected chi connectivity index (χ4v) is 2.85. The average molecular weight is 339 g/mol. The summed E-state index contributed by atoms with van der Waals surface area (Å²) in [7, 11) is 0. The maximum absolute atomic E-state index is 12.5. The summed E-state index contributed by atoms with van der Waals surface area (Å²) >= 11 is 0. The number of carbonyl (C=O) groups excluding carboxylic acids is 2. The van der Waals surface area contributed by atoms with Gasteiger partial charge in [0.1, 0.15) is 11.8 Å². The van der Waals surface area contributed by atoms with Crippen molar-refractivity contribution in [2.45, 2.75) is 38.9 Å². The highest BCUT2D eigenvalue weighted by molar-refractivity contribution is 6.40. The minimum Gasteiger partial charge on any atom is -0.347 e. The van der Waals surface area contributed by atoms with E-state index in [1.165, 1.54) is 6.92 Å². The van der Waals surface area contributed by atoms with Crippen LogP contribution in [0.25, 0.3) is 0 Å². The number of Topliss-reactive ketones (excluding diaryl/α,β-unsaturated/α-hetero) is 1. The maximum Gasteiger partial charge on any atom is 0.267 e. The first-order valence-corrected chi connectivity index (χ1v) is 8.23. The molecule has 130 valence electrons. The molecule has 0 fully saturated rings. The predicted octanol–water partition coefficient (Wildman–Crippen LogP) is 1.61. The van der Waals surface area contributed by atoms with Gasteiger partial charge >= 0.3 is 0 Å². The number of rotatable bonds is 6. The first kappa shape index (κ1) is 16.9. The van der Waals surface area contributed by atoms with Crippen LogP contribution >= 0.6 is 0 Å². The van der Waals surface area contributed by atoms with Crippen LogP contribution in [0.2, 0.25) is 0 Å². The van der Waals surface area contributed by atoms with Crippen molar-refractivity contribution in [3.05, 3.63) is 49.1 Å². The molecule has 0 bridgehead atoms. The Labute approximate surface area is 146 Å². The monoisotopic (exact) mass is 339 g/mol. The molecule has 0 saturated heterocycles. The molecule has 0 saturated carbocycles. The third-order valence-corrected chi connectivity index (χ3v) is 4.08. The Morgan fingerprint density at radius 3 is 2.72 bits per heavy atom. The molecule has 1 aliphatic rings. The van der Waals surface area contributed by atoms with E-state index in [9.17, 15) is 9.59 Å². The van der Waals surface area contributed by atoms with E-state index in [0.29, 0.717) is 18.7 Å². The van der Waals surface area contributed by atoms with Crippen molar-refractivity contribution in [3.63, 3.8) is 0 Å². The van der Waals surface area contributed by atoms with Crippen LogP contribution in [0, 0.1) is 0 Å². The quantitative estimate of drug-likeness (QED) is 0.867. The molecule has 25 heavy (non-hydrogen) atoms. The highest BCUT2D eigenvalue weighted by Gasteiger charge is 2.34. The van der Waals surface area contributed by atoms with Gasteiger partial charge in [-0.25, -0.2) is 4.98 Å². The number of para-hydroxylation sites is 1. The zero-order valence-corrected chi connectivity index (χ0v) is 14.3. The van der Waals surface area contributed by atoms with Gasteiger partial charge in [-0.15, -0.1) is 0 Å². The van der Waals surface area contributed by atoms with E-state index in [1.807, 2.05) is 48.0 Å². The van der Waals surface area contributed by atoms with Crippen molar-refractivity contribution in [2.24, 2.45) is 5.10 Å². The number of imidazole rings is 1. The molecule has 1 aromatic heterocycles. The highest BCUT2D eigenvalue weighted by Crippen LogP contribution is 2.25. The summed E-state index contributed by atoms with van der Waals surface area (Å²) in [6.07, 6.45) is 5.57. The lowest BCUT2D eigenvalue weighted by Crippen LogP contribution is -2.40. The zero-order chi connectivity index (χ0) is 17.8. The topological polar surface area (TPSA) is 79.6 Å². The van der Waals surface area contributed by atoms with E-state index in [-0.39, 0.29) is 17.7 Å². The largest absolute Gasteiger partial charge is 0.347 e. The lowest BCUT2D eigenvalue weighted by atomic mass is 10.1. The normalized spacial score (nSPS) is 17.9. The summed E-state index contributed by atoms with van der Waals surface area (Å²) in [5.41, 5.74) is 1.18. The minimum absolute atomic E-state index is 0.0122. The number of ketones is 1. The summed E-state index contributed by atoms with van der Waals surface area (Å²) in [5.74, 6) is -0.251. The molecule has 1 N–H and O–H groups in total. The fourth-order valence-electron chi connectivity index (χ4n) is 2.85. The average Bonchev–Trinajstić information content (AvgIpc) is 3.24. The number of carbonyl (C=O) groups is 2. The summed E-state index contributed by atoms with van der Waals surface area (Å²) in [6.45, 7) is 4.07. The Bertz CT molecular complexity index is 770. The standard InChI is InChI=1S/C18H21N5O2/c1-13(11-22-9-8-19-12-22)20-18(25)16-10-17(14(2)24)23(21-16)15-6-4-3-5-7-15/h3-9,12-13,17H,10-11H2,1-2H3,(H,20,25). The lowest BCUT2D eigenvalue weighted by Gasteiger charge is -2.20. The second-order valence-electron chi connectivity index (χ2n) is 6.19. The minimum atomic E-state index is -0.438. The molecular weight excluding hydrogens is 318 g/mol. The number of hydrogen-bond donors (Lipinski definition) is 1. The molecule has 0 aliphatic carbocycles. The van der Waals surface area contributed by atoms with Crippen molar-refractivity contribution in [1.82, 2.24) is 14.9 Å². The zero-order valence-electron chi connectivity index (χ0n) is 14.3. The second-order valence-corrected chi connectivity index (χ2v) is 6.19. The molecular formula is C18H21N5O2. The summed E-state index contributed by atoms with van der Waals surface area (Å²) in [4.78, 5) is 28.5. The Kier molecular flexibility index (Phi) is 4.92. The number of aromatic nitrogens is 2. The Hall–Kier alpha value is -2.96. The van der Waals surface area contributed by atoms with Crippen molar-refractivity contribution < 1.29 is 9.59 Å². The van der Waals surface area contributed by atoms with Gasteiger partial charge in [0.2, 0.25) is 0 Å². The number of hydrogen-bond acceptors (Lipinski definition) is 5. The molecule has 3 rings (SSSR count). The smallest absolute Gasteiger partial charge is 0.267 e. The van der Waals surface area contributed by atoms with Gasteiger partial charge < -0.3 is 9.88 Å². The lowest BCUT2D eigenvalue weighted by molar-refractivity contribution is -0.118. The van der Waals surface area contributed by atoms with Crippen molar-refractivity contribution in [2.75, 3.05) is 5.01 Å². The number of nitrogens with one attached hydrogen (secondary N) is 1. The van der Waals surface area contributed by atoms with Crippen molar-refractivity contribution in [3.8, 4) is 0 Å². The van der Waals surface area contributed by atoms with Crippen LogP contribution in [0.4, 0.5) is 5.69 Å². The summed E-state index contributed by atoms with van der Waals surface area (Å²) in [6, 6.07) is 8.90. The summed E-state index contributed by atoms with van der Waals surface area (Å²) < 4.78 is 1.90. The molecule has 2 heterocycles. The van der Waals surface area contributed by atoms with E-state index in [2.05, 4.69) is 15.4 Å². The van der Waals surface area contributed by atoms with Crippen LogP contribution < -0.4 is 10.3 Å². The van der Waals surface area contributed by atoms with E-state index in [4.69, 9.17) is 0 Å². The van der Waals surface area contributed by atoms with Crippen molar-refractivity contribution in [1.29, 1.82) is 0 Å². The number of anilines is 1. The molecule has 0 spiro atoms. The fraction of sp³-hybridized carbons (Fsp3) is 0.333. The molecule has 1 aromatic carbocycles. The van der Waals surface area contributed by atoms with Gasteiger partial charge in [0, 0.05) is 31.4 Å². The van der Waals surface area contributed by atoms with Crippen LogP contribution in [-0.2, 0) is 16.1 Å². The van der Waals surface area contributed by atoms with E-state index < -0.39 is 6.04 Å². The van der Waals surface area contributed by atoms with Crippen molar-refractivity contribution >= 4 is 23.1 Å². The maximum atomic E-state index is 12.5. The number of nitrogens with zero attached hydrogens (tertiary/aromatic N) is 4. The third-order valence-electron chi connectivity index (χ3n) is 4.08. The van der Waals surface area contributed by atoms with Gasteiger partial charge in [-0.3, -0.25) is 14.6 Å². The molecule has 2 aromatic rings. The van der Waals surface area contributed by atoms with Crippen LogP contribution in [0.3, 0.4) is 0 Å². The van der Waals surface area contributed by atoms with E-state index in [1.54, 1.807) is 17.5 Å². The Morgan fingerprint density at radius 1 is 1.32 bits per heavy atom. The van der Waals surface area contributed by atoms with Gasteiger partial charge in [0.25, 0.3) is 5.91 Å². The van der Waals surface area contributed by atoms with Crippen LogP contribution in [0.1, 0.15) is 20.3 Å². The van der Waals surface area contributed by atoms with Gasteiger partial charge in [-0.2, -0.15) is 5.10 Å². The molecule has 2 atom stereocenters. The molecule has 7 heteroatoms. The predicted molar refractivity (Wildman–Crippen MR) is 95.3 cm³/mol. The first-order chi connectivity index (χ1) is 12.0. The van der Waals surface area contributed by atoms with Crippen LogP contribution in [0.5, 0.6) is 0 Å². The molecule has 7 nitrogen and oxygen atoms in total.